The minimum Gasteiger partial charge on any atom is -0.468 e. The number of pyridine rings is 1. The van der Waals surface area contributed by atoms with E-state index in [1.54, 1.807) is 0 Å². The Labute approximate surface area is 164 Å². The molecule has 1 aliphatic rings. The molecule has 3 rings (SSSR count). The normalized spacial score (nSPS) is 19.6. The number of halogens is 4. The molecule has 1 aromatic carbocycles. The average molecular weight is 412 g/mol. The first kappa shape index (κ1) is 21.0. The highest BCUT2D eigenvalue weighted by Gasteiger charge is 2.30. The van der Waals surface area contributed by atoms with Crippen molar-refractivity contribution < 1.29 is 32.2 Å². The second kappa shape index (κ2) is 8.77. The fourth-order valence-corrected chi connectivity index (χ4v) is 3.21. The minimum atomic E-state index is -4.56. The van der Waals surface area contributed by atoms with Crippen molar-refractivity contribution >= 4 is 5.91 Å². The van der Waals surface area contributed by atoms with E-state index in [2.05, 4.69) is 10.3 Å². The lowest BCUT2D eigenvalue weighted by Gasteiger charge is -2.28. The van der Waals surface area contributed by atoms with Crippen LogP contribution in [0.3, 0.4) is 0 Å². The van der Waals surface area contributed by atoms with E-state index in [0.29, 0.717) is 18.4 Å². The molecule has 5 nitrogen and oxygen atoms in total. The van der Waals surface area contributed by atoms with E-state index in [1.165, 1.54) is 18.2 Å². The molecule has 1 aromatic heterocycles. The van der Waals surface area contributed by atoms with Gasteiger partial charge in [0, 0.05) is 11.8 Å². The number of hydrogen-bond acceptors (Lipinski definition) is 4. The van der Waals surface area contributed by atoms with Crippen LogP contribution in [0, 0.1) is 5.82 Å². The molecular formula is C20H20F4N2O3. The number of nitrogens with zero attached hydrogens (tertiary/aromatic N) is 1. The summed E-state index contributed by atoms with van der Waals surface area (Å²) in [5.41, 5.74) is 0.580. The third-order valence-corrected chi connectivity index (χ3v) is 4.69. The maximum Gasteiger partial charge on any atom is 0.422 e. The van der Waals surface area contributed by atoms with Crippen molar-refractivity contribution in [2.75, 3.05) is 6.61 Å². The van der Waals surface area contributed by atoms with Crippen LogP contribution in [-0.4, -0.2) is 40.9 Å². The molecule has 1 saturated carbocycles. The van der Waals surface area contributed by atoms with E-state index in [0.717, 1.165) is 31.2 Å². The van der Waals surface area contributed by atoms with Crippen molar-refractivity contribution in [3.8, 4) is 17.0 Å². The number of amides is 1. The van der Waals surface area contributed by atoms with E-state index < -0.39 is 36.7 Å². The molecule has 2 N–H and O–H groups in total. The van der Waals surface area contributed by atoms with Gasteiger partial charge in [-0.25, -0.2) is 9.37 Å². The predicted molar refractivity (Wildman–Crippen MR) is 96.9 cm³/mol. The first-order valence-electron chi connectivity index (χ1n) is 9.17. The molecule has 1 fully saturated rings. The maximum absolute atomic E-state index is 13.2. The van der Waals surface area contributed by atoms with Crippen molar-refractivity contribution in [2.24, 2.45) is 0 Å². The van der Waals surface area contributed by atoms with Crippen molar-refractivity contribution in [1.82, 2.24) is 10.3 Å². The zero-order valence-electron chi connectivity index (χ0n) is 15.4. The molecule has 0 aliphatic heterocycles. The van der Waals surface area contributed by atoms with Gasteiger partial charge in [0.25, 0.3) is 5.91 Å². The lowest BCUT2D eigenvalue weighted by molar-refractivity contribution is -0.154. The number of hydrogen-bond donors (Lipinski definition) is 2. The summed E-state index contributed by atoms with van der Waals surface area (Å²) in [5, 5.41) is 12.8. The lowest BCUT2D eigenvalue weighted by Crippen LogP contribution is -2.45. The van der Waals surface area contributed by atoms with Crippen LogP contribution in [0.15, 0.2) is 36.5 Å². The zero-order valence-corrected chi connectivity index (χ0v) is 15.4. The van der Waals surface area contributed by atoms with Gasteiger partial charge in [-0.05, 0) is 36.6 Å². The van der Waals surface area contributed by atoms with Gasteiger partial charge in [0.2, 0.25) is 5.88 Å². The number of aliphatic hydroxyl groups is 1. The largest absolute Gasteiger partial charge is 0.468 e. The molecule has 2 atom stereocenters. The summed E-state index contributed by atoms with van der Waals surface area (Å²) in [6.45, 7) is -1.55. The Morgan fingerprint density at radius 1 is 1.21 bits per heavy atom. The predicted octanol–water partition coefficient (Wildman–Crippen LogP) is 3.86. The summed E-state index contributed by atoms with van der Waals surface area (Å²) in [6.07, 6.45) is -1.10. The third-order valence-electron chi connectivity index (χ3n) is 4.69. The van der Waals surface area contributed by atoms with Gasteiger partial charge in [-0.15, -0.1) is 0 Å². The van der Waals surface area contributed by atoms with Crippen LogP contribution in [-0.2, 0) is 0 Å². The SMILES string of the molecule is O=C(N[C@@H]1CCCC[C@H]1O)c1cnc(OCC(F)(F)F)c(-c2ccc(F)cc2)c1. The first-order valence-corrected chi connectivity index (χ1v) is 9.17. The van der Waals surface area contributed by atoms with Crippen LogP contribution < -0.4 is 10.1 Å². The van der Waals surface area contributed by atoms with Crippen LogP contribution >= 0.6 is 0 Å². The molecule has 0 radical (unpaired) electrons. The van der Waals surface area contributed by atoms with Crippen molar-refractivity contribution in [3.05, 3.63) is 47.9 Å². The molecule has 1 heterocycles. The van der Waals surface area contributed by atoms with E-state index in [4.69, 9.17) is 4.74 Å². The lowest BCUT2D eigenvalue weighted by atomic mass is 9.92. The van der Waals surface area contributed by atoms with Gasteiger partial charge < -0.3 is 15.2 Å². The van der Waals surface area contributed by atoms with Gasteiger partial charge in [0.15, 0.2) is 6.61 Å². The molecule has 9 heteroatoms. The molecule has 2 aromatic rings. The van der Waals surface area contributed by atoms with E-state index in [1.807, 2.05) is 0 Å². The highest BCUT2D eigenvalue weighted by Crippen LogP contribution is 2.31. The molecule has 29 heavy (non-hydrogen) atoms. The number of alkyl halides is 3. The summed E-state index contributed by atoms with van der Waals surface area (Å²) in [6, 6.07) is 5.96. The average Bonchev–Trinajstić information content (AvgIpc) is 2.68. The van der Waals surface area contributed by atoms with E-state index in [-0.39, 0.29) is 17.0 Å². The summed E-state index contributed by atoms with van der Waals surface area (Å²) >= 11 is 0. The van der Waals surface area contributed by atoms with Crippen LogP contribution in [0.1, 0.15) is 36.0 Å². The van der Waals surface area contributed by atoms with Gasteiger partial charge in [0.05, 0.1) is 17.7 Å². The Morgan fingerprint density at radius 3 is 2.55 bits per heavy atom. The van der Waals surface area contributed by atoms with E-state index >= 15 is 0 Å². The van der Waals surface area contributed by atoms with Crippen LogP contribution in [0.4, 0.5) is 17.6 Å². The Kier molecular flexibility index (Phi) is 6.36. The molecule has 0 saturated heterocycles. The second-order valence-corrected chi connectivity index (χ2v) is 6.92. The molecule has 1 aliphatic carbocycles. The van der Waals surface area contributed by atoms with Crippen molar-refractivity contribution in [3.63, 3.8) is 0 Å². The molecule has 0 bridgehead atoms. The number of carbonyl (C=O) groups excluding carboxylic acids is 1. The number of benzene rings is 1. The monoisotopic (exact) mass is 412 g/mol. The van der Waals surface area contributed by atoms with Crippen LogP contribution in [0.5, 0.6) is 5.88 Å². The summed E-state index contributed by atoms with van der Waals surface area (Å²) in [4.78, 5) is 16.5. The quantitative estimate of drug-likeness (QED) is 0.732. The van der Waals surface area contributed by atoms with Gasteiger partial charge in [0.1, 0.15) is 5.82 Å². The molecule has 0 unspecified atom stereocenters. The van der Waals surface area contributed by atoms with Crippen molar-refractivity contribution in [2.45, 2.75) is 44.0 Å². The maximum atomic E-state index is 13.2. The number of aromatic nitrogens is 1. The smallest absolute Gasteiger partial charge is 0.422 e. The molecular weight excluding hydrogens is 392 g/mol. The van der Waals surface area contributed by atoms with Crippen LogP contribution in [0.25, 0.3) is 11.1 Å². The summed E-state index contributed by atoms with van der Waals surface area (Å²) in [7, 11) is 0. The van der Waals surface area contributed by atoms with E-state index in [9.17, 15) is 27.5 Å². The third kappa shape index (κ3) is 5.66. The highest BCUT2D eigenvalue weighted by molar-refractivity contribution is 5.95. The highest BCUT2D eigenvalue weighted by atomic mass is 19.4. The second-order valence-electron chi connectivity index (χ2n) is 6.92. The number of ether oxygens (including phenoxy) is 1. The molecule has 1 amide bonds. The molecule has 0 spiro atoms. The van der Waals surface area contributed by atoms with Gasteiger partial charge in [-0.1, -0.05) is 25.0 Å². The topological polar surface area (TPSA) is 71.5 Å². The first-order chi connectivity index (χ1) is 13.7. The van der Waals surface area contributed by atoms with Gasteiger partial charge in [-0.2, -0.15) is 13.2 Å². The number of carbonyl (C=O) groups is 1. The number of nitrogens with one attached hydrogen (secondary N) is 1. The summed E-state index contributed by atoms with van der Waals surface area (Å²) < 4.78 is 55.6. The van der Waals surface area contributed by atoms with Crippen LogP contribution in [0.2, 0.25) is 0 Å². The number of aliphatic hydroxyl groups excluding tert-OH is 1. The minimum absolute atomic E-state index is 0.0986. The fraction of sp³-hybridized carbons (Fsp3) is 0.400. The Bertz CT molecular complexity index is 856. The molecule has 156 valence electrons. The van der Waals surface area contributed by atoms with Gasteiger partial charge >= 0.3 is 6.18 Å². The van der Waals surface area contributed by atoms with Gasteiger partial charge in [-0.3, -0.25) is 4.79 Å². The zero-order chi connectivity index (χ0) is 21.0. The number of rotatable bonds is 5. The standard InChI is InChI=1S/C20H20F4N2O3/c21-14-7-5-12(6-8-14)15-9-13(10-25-19(15)29-11-20(22,23)24)18(28)26-16-3-1-2-4-17(16)27/h5-10,16-17,27H,1-4,11H2,(H,26,28)/t16-,17-/m1/s1. The summed E-state index contributed by atoms with van der Waals surface area (Å²) in [5.74, 6) is -1.34. The van der Waals surface area contributed by atoms with Crippen molar-refractivity contribution in [1.29, 1.82) is 0 Å². The fourth-order valence-electron chi connectivity index (χ4n) is 3.21. The Morgan fingerprint density at radius 2 is 1.90 bits per heavy atom. The Balaban J connectivity index is 1.87. The Hall–Kier alpha value is -2.68.